The summed E-state index contributed by atoms with van der Waals surface area (Å²) in [5.74, 6) is 0.201. The number of piperidine rings is 1. The van der Waals surface area contributed by atoms with Gasteiger partial charge in [-0.25, -0.2) is 0 Å². The van der Waals surface area contributed by atoms with Crippen molar-refractivity contribution < 1.29 is 37.7 Å². The number of hydrogen-bond acceptors (Lipinski definition) is 6. The number of carbonyl (C=O) groups is 1. The quantitative estimate of drug-likeness (QED) is 0.288. The number of β-amino-alcohol motifs (C(OH)–C–C–N with tert-alkyl or cyclic N) is 1. The summed E-state index contributed by atoms with van der Waals surface area (Å²) in [6.07, 6.45) is 2.29. The Labute approximate surface area is 254 Å². The summed E-state index contributed by atoms with van der Waals surface area (Å²) >= 11 is 0. The number of nitrogens with zero attached hydrogens (tertiary/aromatic N) is 3. The van der Waals surface area contributed by atoms with Gasteiger partial charge in [0.1, 0.15) is 6.10 Å². The van der Waals surface area contributed by atoms with Gasteiger partial charge >= 0.3 is 12.1 Å². The molecule has 8 nitrogen and oxygen atoms in total. The number of benzene rings is 2. The van der Waals surface area contributed by atoms with E-state index in [-0.39, 0.29) is 31.2 Å². The van der Waals surface area contributed by atoms with Gasteiger partial charge in [0.05, 0.1) is 25.2 Å². The predicted octanol–water partition coefficient (Wildman–Crippen LogP) is 6.02. The zero-order chi connectivity index (χ0) is 31.5. The highest BCUT2D eigenvalue weighted by molar-refractivity contribution is 5.86. The molecule has 11 heteroatoms. The maximum atomic E-state index is 14.8. The number of carboxylic acid groups (broad SMARTS) is 1. The zero-order valence-corrected chi connectivity index (χ0v) is 24.8. The topological polar surface area (TPSA) is 108 Å². The lowest BCUT2D eigenvalue weighted by Crippen LogP contribution is -2.53. The molecule has 0 radical (unpaired) electrons. The summed E-state index contributed by atoms with van der Waals surface area (Å²) in [6.45, 7) is 0.477. The summed E-state index contributed by atoms with van der Waals surface area (Å²) in [5, 5.41) is 30.4. The van der Waals surface area contributed by atoms with Crippen LogP contribution in [0.25, 0.3) is 10.9 Å². The molecular formula is C33H38F3N3O5. The van der Waals surface area contributed by atoms with Gasteiger partial charge in [-0.2, -0.15) is 18.4 Å². The first-order chi connectivity index (χ1) is 21.0. The number of ether oxygens (including phenoxy) is 2. The number of hydrogen-bond donors (Lipinski definition) is 2. The molecule has 2 aromatic carbocycles. The average Bonchev–Trinajstić information content (AvgIpc) is 3.36. The van der Waals surface area contributed by atoms with Crippen LogP contribution in [0.15, 0.2) is 42.6 Å². The van der Waals surface area contributed by atoms with E-state index in [0.717, 1.165) is 32.1 Å². The van der Waals surface area contributed by atoms with Crippen LogP contribution in [0.2, 0.25) is 0 Å². The van der Waals surface area contributed by atoms with Gasteiger partial charge in [0.2, 0.25) is 5.60 Å². The van der Waals surface area contributed by atoms with Crippen LogP contribution in [-0.2, 0) is 23.4 Å². The second-order valence-corrected chi connectivity index (χ2v) is 12.1. The number of fused-ring (bicyclic) bond motifs is 1. The number of aliphatic hydroxyl groups is 1. The molecule has 1 saturated heterocycles. The number of carboxylic acids is 1. The molecule has 2 N–H and O–H groups in total. The number of aromatic nitrogens is 1. The van der Waals surface area contributed by atoms with Crippen LogP contribution >= 0.6 is 0 Å². The highest BCUT2D eigenvalue weighted by atomic mass is 19.4. The Morgan fingerprint density at radius 3 is 2.41 bits per heavy atom. The number of rotatable bonds is 10. The summed E-state index contributed by atoms with van der Waals surface area (Å²) in [6, 6.07) is 11.6. The van der Waals surface area contributed by atoms with E-state index in [9.17, 15) is 28.3 Å². The number of alkyl halides is 3. The summed E-state index contributed by atoms with van der Waals surface area (Å²) in [5.41, 5.74) is -1.86. The molecule has 1 saturated carbocycles. The highest BCUT2D eigenvalue weighted by Gasteiger charge is 2.57. The van der Waals surface area contributed by atoms with E-state index in [1.54, 1.807) is 33.7 Å². The third-order valence-electron chi connectivity index (χ3n) is 8.97. The van der Waals surface area contributed by atoms with E-state index >= 15 is 0 Å². The molecular weight excluding hydrogens is 575 g/mol. The van der Waals surface area contributed by atoms with Crippen LogP contribution < -0.4 is 9.47 Å². The predicted molar refractivity (Wildman–Crippen MR) is 158 cm³/mol. The van der Waals surface area contributed by atoms with Gasteiger partial charge in [0.15, 0.2) is 11.5 Å². The van der Waals surface area contributed by atoms with Crippen molar-refractivity contribution in [3.8, 4) is 17.6 Å². The molecule has 1 aliphatic heterocycles. The molecule has 2 heterocycles. The normalized spacial score (nSPS) is 18.5. The van der Waals surface area contributed by atoms with Gasteiger partial charge in [0.25, 0.3) is 0 Å². The Morgan fingerprint density at radius 2 is 1.77 bits per heavy atom. The summed E-state index contributed by atoms with van der Waals surface area (Å²) < 4.78 is 57.8. The van der Waals surface area contributed by atoms with Crippen LogP contribution in [0, 0.1) is 17.2 Å². The van der Waals surface area contributed by atoms with E-state index in [0.29, 0.717) is 58.8 Å². The molecule has 1 aromatic heterocycles. The van der Waals surface area contributed by atoms with Crippen molar-refractivity contribution in [2.45, 2.75) is 75.8 Å². The average molecular weight is 614 g/mol. The fraction of sp³-hybridized carbons (Fsp3) is 0.515. The Kier molecular flexibility index (Phi) is 9.42. The zero-order valence-electron chi connectivity index (χ0n) is 24.8. The van der Waals surface area contributed by atoms with Crippen LogP contribution in [0.1, 0.15) is 61.6 Å². The molecule has 1 aliphatic carbocycles. The van der Waals surface area contributed by atoms with Crippen LogP contribution in [0.3, 0.4) is 0 Å². The lowest BCUT2D eigenvalue weighted by molar-refractivity contribution is -0.272. The SMILES string of the molecule is COc1cc(CC(=O)O)ccc1OC1CCN(C[C@@](O)(c2cn(CC3CCCCC3)c3cc(C#N)ccc23)C(F)(F)F)CC1. The third kappa shape index (κ3) is 6.81. The Hall–Kier alpha value is -3.75. The summed E-state index contributed by atoms with van der Waals surface area (Å²) in [7, 11) is 1.46. The Bertz CT molecular complexity index is 1520. The van der Waals surface area contributed by atoms with Gasteiger partial charge in [-0.05, 0) is 61.4 Å². The maximum absolute atomic E-state index is 14.8. The monoisotopic (exact) mass is 613 g/mol. The fourth-order valence-electron chi connectivity index (χ4n) is 6.60. The third-order valence-corrected chi connectivity index (χ3v) is 8.97. The molecule has 2 aliphatic rings. The molecule has 5 rings (SSSR count). The largest absolute Gasteiger partial charge is 0.493 e. The van der Waals surface area contributed by atoms with Crippen molar-refractivity contribution >= 4 is 16.9 Å². The van der Waals surface area contributed by atoms with Gasteiger partial charge in [0, 0.05) is 48.8 Å². The lowest BCUT2D eigenvalue weighted by Gasteiger charge is -2.39. The molecule has 44 heavy (non-hydrogen) atoms. The van der Waals surface area contributed by atoms with Crippen molar-refractivity contribution in [1.82, 2.24) is 9.47 Å². The van der Waals surface area contributed by atoms with Gasteiger partial charge < -0.3 is 24.3 Å². The first-order valence-corrected chi connectivity index (χ1v) is 15.1. The van der Waals surface area contributed by atoms with Crippen molar-refractivity contribution in [3.05, 3.63) is 59.3 Å². The standard InChI is InChI=1S/C33H38F3N3O5/c1-43-30-16-23(17-31(40)41)8-10-29(30)44-25-11-13-38(14-12-25)21-32(42,33(34,35)36)27-20-39(19-22-5-3-2-4-6-22)28-15-24(18-37)7-9-26(27)28/h7-10,15-16,20,22,25,42H,2-6,11-14,17,19,21H2,1H3,(H,40,41)/t32-/m1/s1. The first-order valence-electron chi connectivity index (χ1n) is 15.1. The minimum Gasteiger partial charge on any atom is -0.493 e. The number of methoxy groups -OCH3 is 1. The lowest BCUT2D eigenvalue weighted by atomic mass is 9.89. The van der Waals surface area contributed by atoms with E-state index in [4.69, 9.17) is 14.6 Å². The second-order valence-electron chi connectivity index (χ2n) is 12.1. The maximum Gasteiger partial charge on any atom is 0.422 e. The van der Waals surface area contributed by atoms with Crippen molar-refractivity contribution in [3.63, 3.8) is 0 Å². The molecule has 0 unspecified atom stereocenters. The van der Waals surface area contributed by atoms with E-state index in [2.05, 4.69) is 6.07 Å². The molecule has 1 atom stereocenters. The minimum absolute atomic E-state index is 0.157. The molecule has 236 valence electrons. The first kappa shape index (κ1) is 31.7. The van der Waals surface area contributed by atoms with Crippen molar-refractivity contribution in [2.24, 2.45) is 5.92 Å². The molecule has 3 aromatic rings. The smallest absolute Gasteiger partial charge is 0.422 e. The molecule has 0 amide bonds. The molecule has 2 fully saturated rings. The van der Waals surface area contributed by atoms with Crippen LogP contribution in [0.4, 0.5) is 13.2 Å². The number of halogens is 3. The van der Waals surface area contributed by atoms with Gasteiger partial charge in [-0.15, -0.1) is 0 Å². The molecule has 0 bridgehead atoms. The number of likely N-dealkylation sites (tertiary alicyclic amines) is 1. The Morgan fingerprint density at radius 1 is 1.05 bits per heavy atom. The highest BCUT2D eigenvalue weighted by Crippen LogP contribution is 2.44. The molecule has 0 spiro atoms. The Balaban J connectivity index is 1.34. The second kappa shape index (κ2) is 13.1. The van der Waals surface area contributed by atoms with Gasteiger partial charge in [-0.1, -0.05) is 31.4 Å². The summed E-state index contributed by atoms with van der Waals surface area (Å²) in [4.78, 5) is 12.7. The fourth-order valence-corrected chi connectivity index (χ4v) is 6.60. The van der Waals surface area contributed by atoms with E-state index in [1.807, 2.05) is 0 Å². The minimum atomic E-state index is -4.94. The number of nitriles is 1. The van der Waals surface area contributed by atoms with Crippen molar-refractivity contribution in [1.29, 1.82) is 5.26 Å². The number of aliphatic carboxylic acids is 1. The van der Waals surface area contributed by atoms with Crippen molar-refractivity contribution in [2.75, 3.05) is 26.7 Å². The van der Waals surface area contributed by atoms with E-state index in [1.165, 1.54) is 25.4 Å². The van der Waals surface area contributed by atoms with E-state index < -0.39 is 24.3 Å². The van der Waals surface area contributed by atoms with Gasteiger partial charge in [-0.3, -0.25) is 9.69 Å². The van der Waals surface area contributed by atoms with Crippen LogP contribution in [0.5, 0.6) is 11.5 Å². The van der Waals surface area contributed by atoms with Crippen LogP contribution in [-0.4, -0.2) is 64.7 Å².